The van der Waals surface area contributed by atoms with Crippen molar-refractivity contribution < 1.29 is 4.39 Å². The van der Waals surface area contributed by atoms with Gasteiger partial charge in [-0.15, -0.1) is 0 Å². The second-order valence-corrected chi connectivity index (χ2v) is 6.47. The molecule has 0 saturated carbocycles. The summed E-state index contributed by atoms with van der Waals surface area (Å²) in [5.41, 5.74) is 2.73. The first-order valence-corrected chi connectivity index (χ1v) is 8.44. The zero-order valence-corrected chi connectivity index (χ0v) is 14.1. The lowest BCUT2D eigenvalue weighted by Crippen LogP contribution is -1.88. The molecule has 0 aliphatic rings. The minimum absolute atomic E-state index is 0.211. The zero-order valence-electron chi connectivity index (χ0n) is 13.3. The van der Waals surface area contributed by atoms with E-state index < -0.39 is 0 Å². The molecule has 0 bridgehead atoms. The Morgan fingerprint density at radius 3 is 2.21 bits per heavy atom. The molecule has 4 rings (SSSR count). The van der Waals surface area contributed by atoms with Gasteiger partial charge in [-0.25, -0.2) is 4.39 Å². The smallest absolute Gasteiger partial charge is 0.131 e. The van der Waals surface area contributed by atoms with Gasteiger partial charge in [0.2, 0.25) is 0 Å². The molecule has 2 heteroatoms. The van der Waals surface area contributed by atoms with Crippen LogP contribution < -0.4 is 0 Å². The summed E-state index contributed by atoms with van der Waals surface area (Å²) < 4.78 is 14.7. The minimum atomic E-state index is -0.211. The molecule has 0 fully saturated rings. The number of aryl methyl sites for hydroxylation is 1. The highest BCUT2D eigenvalue weighted by Gasteiger charge is 2.09. The average Bonchev–Trinajstić information content (AvgIpc) is 2.61. The fourth-order valence-corrected chi connectivity index (χ4v) is 3.33. The largest absolute Gasteiger partial charge is 0.206 e. The van der Waals surface area contributed by atoms with Crippen LogP contribution in [0, 0.1) is 5.82 Å². The fraction of sp³-hybridized carbons (Fsp3) is 0.0909. The van der Waals surface area contributed by atoms with Crippen molar-refractivity contribution in [1.82, 2.24) is 0 Å². The Morgan fingerprint density at radius 2 is 1.50 bits per heavy atom. The van der Waals surface area contributed by atoms with E-state index in [1.165, 1.54) is 5.56 Å². The third kappa shape index (κ3) is 2.55. The maximum atomic E-state index is 14.7. The van der Waals surface area contributed by atoms with Crippen molar-refractivity contribution in [1.29, 1.82) is 0 Å². The van der Waals surface area contributed by atoms with Gasteiger partial charge in [0.05, 0.1) is 0 Å². The Labute approximate surface area is 145 Å². The second kappa shape index (κ2) is 5.92. The van der Waals surface area contributed by atoms with Gasteiger partial charge in [-0.2, -0.15) is 0 Å². The predicted octanol–water partition coefficient (Wildman–Crippen LogP) is 7.01. The number of fused-ring (bicyclic) bond motifs is 3. The molecule has 0 N–H and O–H groups in total. The molecule has 0 spiro atoms. The van der Waals surface area contributed by atoms with Crippen molar-refractivity contribution in [3.63, 3.8) is 0 Å². The van der Waals surface area contributed by atoms with Gasteiger partial charge >= 0.3 is 0 Å². The Kier molecular flexibility index (Phi) is 3.74. The summed E-state index contributed by atoms with van der Waals surface area (Å²) in [6, 6.07) is 21.4. The van der Waals surface area contributed by atoms with E-state index >= 15 is 0 Å². The highest BCUT2D eigenvalue weighted by atomic mass is 35.5. The molecule has 118 valence electrons. The highest BCUT2D eigenvalue weighted by Crippen LogP contribution is 2.32. The lowest BCUT2D eigenvalue weighted by Gasteiger charge is -2.10. The average molecular weight is 335 g/mol. The van der Waals surface area contributed by atoms with Crippen LogP contribution in [0.3, 0.4) is 0 Å². The van der Waals surface area contributed by atoms with E-state index in [0.29, 0.717) is 10.6 Å². The maximum Gasteiger partial charge on any atom is 0.131 e. The molecule has 4 aromatic carbocycles. The molecule has 0 aromatic heterocycles. The van der Waals surface area contributed by atoms with Crippen molar-refractivity contribution in [2.75, 3.05) is 0 Å². The quantitative estimate of drug-likeness (QED) is 0.346. The van der Waals surface area contributed by atoms with Crippen LogP contribution in [0.1, 0.15) is 12.5 Å². The number of hydrogen-bond donors (Lipinski definition) is 0. The van der Waals surface area contributed by atoms with E-state index in [9.17, 15) is 4.39 Å². The molecule has 0 unspecified atom stereocenters. The van der Waals surface area contributed by atoms with Crippen LogP contribution in [0.2, 0.25) is 5.02 Å². The normalized spacial score (nSPS) is 11.3. The lowest BCUT2D eigenvalue weighted by molar-refractivity contribution is 0.633. The van der Waals surface area contributed by atoms with Crippen LogP contribution in [-0.4, -0.2) is 0 Å². The molecule has 0 atom stereocenters. The van der Waals surface area contributed by atoms with Gasteiger partial charge in [0.1, 0.15) is 5.82 Å². The number of halogens is 2. The highest BCUT2D eigenvalue weighted by molar-refractivity contribution is 6.30. The Bertz CT molecular complexity index is 1050. The fourth-order valence-electron chi connectivity index (χ4n) is 3.21. The molecule has 0 aliphatic carbocycles. The van der Waals surface area contributed by atoms with Crippen LogP contribution in [0.5, 0.6) is 0 Å². The molecular formula is C22H16ClF. The summed E-state index contributed by atoms with van der Waals surface area (Å²) in [5.74, 6) is -0.211. The van der Waals surface area contributed by atoms with Crippen molar-refractivity contribution in [2.24, 2.45) is 0 Å². The van der Waals surface area contributed by atoms with Crippen molar-refractivity contribution in [3.05, 3.63) is 83.1 Å². The van der Waals surface area contributed by atoms with Gasteiger partial charge in [-0.1, -0.05) is 61.0 Å². The summed E-state index contributed by atoms with van der Waals surface area (Å²) in [5, 5.41) is 4.88. The summed E-state index contributed by atoms with van der Waals surface area (Å²) in [7, 11) is 0. The summed E-state index contributed by atoms with van der Waals surface area (Å²) in [6.07, 6.45) is 0.998. The van der Waals surface area contributed by atoms with Crippen molar-refractivity contribution in [3.8, 4) is 11.1 Å². The van der Waals surface area contributed by atoms with Crippen molar-refractivity contribution in [2.45, 2.75) is 13.3 Å². The van der Waals surface area contributed by atoms with E-state index in [1.54, 1.807) is 18.2 Å². The molecule has 4 aromatic rings. The third-order valence-corrected chi connectivity index (χ3v) is 4.80. The molecule has 0 saturated heterocycles. The molecule has 0 amide bonds. The lowest BCUT2D eigenvalue weighted by atomic mass is 9.96. The van der Waals surface area contributed by atoms with Crippen molar-refractivity contribution >= 4 is 33.1 Å². The topological polar surface area (TPSA) is 0 Å². The Balaban J connectivity index is 1.95. The van der Waals surface area contributed by atoms with E-state index in [2.05, 4.69) is 37.3 Å². The second-order valence-electron chi connectivity index (χ2n) is 6.03. The first-order valence-electron chi connectivity index (χ1n) is 8.06. The van der Waals surface area contributed by atoms with Gasteiger partial charge in [-0.3, -0.25) is 0 Å². The number of benzene rings is 4. The predicted molar refractivity (Wildman–Crippen MR) is 101 cm³/mol. The third-order valence-electron chi connectivity index (χ3n) is 4.55. The van der Waals surface area contributed by atoms with E-state index in [0.717, 1.165) is 33.5 Å². The van der Waals surface area contributed by atoms with Gasteiger partial charge in [0, 0.05) is 10.6 Å². The molecule has 24 heavy (non-hydrogen) atoms. The van der Waals surface area contributed by atoms with Gasteiger partial charge < -0.3 is 0 Å². The van der Waals surface area contributed by atoms with Gasteiger partial charge in [0.15, 0.2) is 0 Å². The van der Waals surface area contributed by atoms with Crippen LogP contribution in [0.15, 0.2) is 66.7 Å². The first kappa shape index (κ1) is 15.2. The van der Waals surface area contributed by atoms with E-state index in [-0.39, 0.29) is 5.82 Å². The summed E-state index contributed by atoms with van der Waals surface area (Å²) in [4.78, 5) is 0. The molecule has 0 radical (unpaired) electrons. The monoisotopic (exact) mass is 334 g/mol. The SMILES string of the molecule is CCc1ccc2c(ccc3cc(-c4ccc(Cl)cc4)c(F)cc32)c1. The van der Waals surface area contributed by atoms with Gasteiger partial charge in [0.25, 0.3) is 0 Å². The molecular weight excluding hydrogens is 319 g/mol. The van der Waals surface area contributed by atoms with Crippen LogP contribution in [0.25, 0.3) is 32.7 Å². The van der Waals surface area contributed by atoms with E-state index in [4.69, 9.17) is 11.6 Å². The van der Waals surface area contributed by atoms with Crippen LogP contribution in [0.4, 0.5) is 4.39 Å². The molecule has 0 nitrogen and oxygen atoms in total. The standard InChI is InChI=1S/C22H16ClF/c1-2-14-3-10-19-16(11-14)4-5-17-12-21(22(24)13-20(17)19)15-6-8-18(23)9-7-15/h3-13H,2H2,1H3. The van der Waals surface area contributed by atoms with Crippen LogP contribution in [-0.2, 0) is 6.42 Å². The van der Waals surface area contributed by atoms with Gasteiger partial charge in [-0.05, 0) is 63.4 Å². The Hall–Kier alpha value is -2.38. The number of hydrogen-bond acceptors (Lipinski definition) is 0. The Morgan fingerprint density at radius 1 is 0.792 bits per heavy atom. The maximum absolute atomic E-state index is 14.7. The minimum Gasteiger partial charge on any atom is -0.206 e. The summed E-state index contributed by atoms with van der Waals surface area (Å²) in [6.45, 7) is 2.14. The van der Waals surface area contributed by atoms with Crippen LogP contribution >= 0.6 is 11.6 Å². The molecule has 0 aliphatic heterocycles. The first-order chi connectivity index (χ1) is 11.7. The summed E-state index contributed by atoms with van der Waals surface area (Å²) >= 11 is 5.93. The zero-order chi connectivity index (χ0) is 16.7. The van der Waals surface area contributed by atoms with E-state index in [1.807, 2.05) is 18.2 Å². The number of rotatable bonds is 2. The molecule has 0 heterocycles.